The SMILES string of the molecule is COc1ccc(C2(c3ccc(OC(C)=O)cc3)CCCCC2)cc1.CSC1CC2CC1C1C3CC(C4CC(SCCC(=O)OCC5CC6CC5C5CC(COC(=O)CCSC7CC8CC7C7C9CC(C%10CC(SC(C)=O)CC%109)C87)CC65)CC43)C21. The zero-order chi connectivity index (χ0) is 57.1. The summed E-state index contributed by atoms with van der Waals surface area (Å²) in [4.78, 5) is 49.0. The molecule has 2 aromatic rings. The minimum Gasteiger partial charge on any atom is -0.497 e. The van der Waals surface area contributed by atoms with E-state index in [0.29, 0.717) is 59.9 Å². The molecule has 14 saturated carbocycles. The van der Waals surface area contributed by atoms with Crippen LogP contribution in [0.4, 0.5) is 0 Å². The number of thioether (sulfide) groups is 4. The summed E-state index contributed by atoms with van der Waals surface area (Å²) < 4.78 is 22.5. The Labute approximate surface area is 519 Å². The van der Waals surface area contributed by atoms with Gasteiger partial charge in [0.15, 0.2) is 5.12 Å². The Morgan fingerprint density at radius 2 is 1.01 bits per heavy atom. The van der Waals surface area contributed by atoms with E-state index in [9.17, 15) is 19.2 Å². The molecule has 8 nitrogen and oxygen atoms in total. The highest BCUT2D eigenvalue weighted by Crippen LogP contribution is 2.76. The molecule has 84 heavy (non-hydrogen) atoms. The molecular weight excluding hydrogens is 1120 g/mol. The van der Waals surface area contributed by atoms with E-state index in [0.717, 1.165) is 158 Å². The first-order valence-electron chi connectivity index (χ1n) is 34.1. The Kier molecular flexibility index (Phi) is 16.5. The molecule has 26 unspecified atom stereocenters. The van der Waals surface area contributed by atoms with Gasteiger partial charge in [0.25, 0.3) is 0 Å². The molecule has 0 radical (unpaired) electrons. The average Bonchev–Trinajstić information content (AvgIpc) is 2.45. The minimum atomic E-state index is -0.287. The molecule has 0 aliphatic heterocycles. The van der Waals surface area contributed by atoms with Crippen LogP contribution in [0.3, 0.4) is 0 Å². The van der Waals surface area contributed by atoms with E-state index in [4.69, 9.17) is 18.9 Å². The van der Waals surface area contributed by atoms with Crippen molar-refractivity contribution in [1.29, 1.82) is 0 Å². The Morgan fingerprint density at radius 1 is 0.488 bits per heavy atom. The van der Waals surface area contributed by atoms with Gasteiger partial charge in [0.05, 0.1) is 33.2 Å². The first kappa shape index (κ1) is 58.1. The first-order chi connectivity index (χ1) is 40.9. The largest absolute Gasteiger partial charge is 0.497 e. The predicted octanol–water partition coefficient (Wildman–Crippen LogP) is 15.5. The molecule has 0 spiro atoms. The molecule has 2 aromatic carbocycles. The number of carbonyl (C=O) groups excluding carboxylic acids is 4. The predicted molar refractivity (Wildman–Crippen MR) is 339 cm³/mol. The summed E-state index contributed by atoms with van der Waals surface area (Å²) in [6.07, 6.45) is 29.0. The van der Waals surface area contributed by atoms with E-state index < -0.39 is 0 Å². The van der Waals surface area contributed by atoms with Gasteiger partial charge in [0.2, 0.25) is 0 Å². The number of hydrogen-bond acceptors (Lipinski definition) is 12. The molecule has 26 atom stereocenters. The third-order valence-electron chi connectivity index (χ3n) is 27.2. The molecule has 12 heteroatoms. The van der Waals surface area contributed by atoms with Gasteiger partial charge < -0.3 is 18.9 Å². The Hall–Kier alpha value is -2.28. The number of ether oxygens (including phenoxy) is 4. The molecule has 14 fully saturated rings. The third-order valence-corrected chi connectivity index (χ3v) is 32.1. The second-order valence-corrected chi connectivity index (χ2v) is 35.7. The molecule has 0 amide bonds. The number of carbonyl (C=O) groups is 4. The molecule has 0 saturated heterocycles. The maximum absolute atomic E-state index is 13.0. The van der Waals surface area contributed by atoms with Crippen LogP contribution in [0.2, 0.25) is 0 Å². The van der Waals surface area contributed by atoms with Gasteiger partial charge in [-0.2, -0.15) is 35.3 Å². The fraction of sp³-hybridized carbons (Fsp3) is 0.778. The topological polar surface area (TPSA) is 105 Å². The highest BCUT2D eigenvalue weighted by atomic mass is 32.2. The average molecular weight is 1220 g/mol. The van der Waals surface area contributed by atoms with Crippen molar-refractivity contribution < 1.29 is 38.1 Å². The number of esters is 3. The molecule has 10 bridgehead atoms. The summed E-state index contributed by atoms with van der Waals surface area (Å²) >= 11 is 8.03. The fourth-order valence-corrected chi connectivity index (χ4v) is 30.0. The Morgan fingerprint density at radius 3 is 1.61 bits per heavy atom. The van der Waals surface area contributed by atoms with Gasteiger partial charge in [0, 0.05) is 51.8 Å². The normalized spacial score (nSPS) is 44.5. The quantitative estimate of drug-likeness (QED) is 0.0806. The summed E-state index contributed by atoms with van der Waals surface area (Å²) in [6.45, 7) is 4.43. The van der Waals surface area contributed by atoms with Crippen LogP contribution in [-0.4, -0.2) is 82.1 Å². The van der Waals surface area contributed by atoms with Crippen molar-refractivity contribution in [1.82, 2.24) is 0 Å². The summed E-state index contributed by atoms with van der Waals surface area (Å²) in [5.74, 6) is 22.9. The van der Waals surface area contributed by atoms with Crippen molar-refractivity contribution in [3.05, 3.63) is 59.7 Å². The van der Waals surface area contributed by atoms with Crippen LogP contribution < -0.4 is 9.47 Å². The lowest BCUT2D eigenvalue weighted by Gasteiger charge is -2.43. The second kappa shape index (κ2) is 23.8. The van der Waals surface area contributed by atoms with Crippen molar-refractivity contribution >= 4 is 70.1 Å². The van der Waals surface area contributed by atoms with Gasteiger partial charge in [0.1, 0.15) is 11.5 Å². The van der Waals surface area contributed by atoms with Crippen LogP contribution in [0.5, 0.6) is 11.5 Å². The smallest absolute Gasteiger partial charge is 0.308 e. The zero-order valence-corrected chi connectivity index (χ0v) is 54.0. The van der Waals surface area contributed by atoms with Crippen LogP contribution in [0, 0.1) is 130 Å². The lowest BCUT2D eigenvalue weighted by atomic mass is 9.64. The van der Waals surface area contributed by atoms with Gasteiger partial charge >= 0.3 is 17.9 Å². The van der Waals surface area contributed by atoms with Gasteiger partial charge in [-0.3, -0.25) is 19.2 Å². The van der Waals surface area contributed by atoms with Crippen molar-refractivity contribution in [2.45, 2.75) is 175 Å². The maximum Gasteiger partial charge on any atom is 0.308 e. The molecule has 456 valence electrons. The summed E-state index contributed by atoms with van der Waals surface area (Å²) in [5.41, 5.74) is 2.67. The van der Waals surface area contributed by atoms with Crippen LogP contribution in [0.1, 0.15) is 160 Å². The molecule has 0 N–H and O–H groups in total. The van der Waals surface area contributed by atoms with E-state index in [-0.39, 0.29) is 23.3 Å². The standard InChI is InChI=1S/C51H72O5S4.C21H24O3/c1-23(52)60-30-17-36-37(18-30)41-20-39(36)49-27-12-43(51(41)49)45(14-27)59-6-4-46(53)55-21-24-7-31-25-9-28(32(10-25)33(31)8-24)22-56-47(54)3-5-58-29-15-34-35(16-29)40-19-38(34)48-26-11-42(50(40)48)44(13-26)57-2;1-16(22)24-20-12-8-18(9-13-20)21(14-4-3-5-15-21)17-6-10-19(23-2)11-7-17/h24-45,48-51H,3-22H2,1-2H3;6-13H,3-5,14-15H2,1-2H3. The van der Waals surface area contributed by atoms with E-state index in [1.807, 2.05) is 24.3 Å². The van der Waals surface area contributed by atoms with Crippen LogP contribution in [-0.2, 0) is 34.1 Å². The molecule has 0 aromatic heterocycles. The van der Waals surface area contributed by atoms with Crippen LogP contribution in [0.15, 0.2) is 48.5 Å². The number of hydrogen-bond donors (Lipinski definition) is 0. The molecule has 14 aliphatic carbocycles. The van der Waals surface area contributed by atoms with E-state index in [2.05, 4.69) is 65.8 Å². The highest BCUT2D eigenvalue weighted by Gasteiger charge is 2.70. The number of methoxy groups -OCH3 is 1. The van der Waals surface area contributed by atoms with Gasteiger partial charge in [-0.05, 0) is 275 Å². The molecule has 0 heterocycles. The van der Waals surface area contributed by atoms with Gasteiger partial charge in [-0.25, -0.2) is 0 Å². The molecular formula is C72H96O8S4. The lowest BCUT2D eigenvalue weighted by Crippen LogP contribution is -2.39. The van der Waals surface area contributed by atoms with Crippen molar-refractivity contribution in [3.63, 3.8) is 0 Å². The summed E-state index contributed by atoms with van der Waals surface area (Å²) in [7, 11) is 1.69. The Balaban J connectivity index is 0.000000210. The van der Waals surface area contributed by atoms with E-state index in [1.54, 1.807) is 38.6 Å². The van der Waals surface area contributed by atoms with Crippen molar-refractivity contribution in [2.24, 2.45) is 130 Å². The van der Waals surface area contributed by atoms with Gasteiger partial charge in [-0.15, -0.1) is 0 Å². The highest BCUT2D eigenvalue weighted by molar-refractivity contribution is 8.14. The molecule has 16 rings (SSSR count). The summed E-state index contributed by atoms with van der Waals surface area (Å²) in [6, 6.07) is 16.5. The van der Waals surface area contributed by atoms with E-state index >= 15 is 0 Å². The summed E-state index contributed by atoms with van der Waals surface area (Å²) in [5, 5.41) is 3.38. The van der Waals surface area contributed by atoms with Gasteiger partial charge in [-0.1, -0.05) is 55.3 Å². The van der Waals surface area contributed by atoms with Crippen molar-refractivity contribution in [2.75, 3.05) is 38.1 Å². The third kappa shape index (κ3) is 10.4. The van der Waals surface area contributed by atoms with Crippen LogP contribution >= 0.6 is 47.0 Å². The zero-order valence-electron chi connectivity index (χ0n) is 50.7. The fourth-order valence-electron chi connectivity index (χ4n) is 25.0. The maximum atomic E-state index is 13.0. The van der Waals surface area contributed by atoms with Crippen LogP contribution in [0.25, 0.3) is 0 Å². The monoisotopic (exact) mass is 1220 g/mol. The Bertz CT molecular complexity index is 2750. The molecule has 14 aliphatic rings. The lowest BCUT2D eigenvalue weighted by molar-refractivity contribution is -0.145. The minimum absolute atomic E-state index is 0.0236. The number of rotatable bonds is 18. The second-order valence-electron chi connectivity index (χ2n) is 30.4. The van der Waals surface area contributed by atoms with Crippen molar-refractivity contribution in [3.8, 4) is 11.5 Å². The number of fused-ring (bicyclic) bond motifs is 29. The van der Waals surface area contributed by atoms with E-state index in [1.165, 1.54) is 114 Å². The first-order valence-corrected chi connectivity index (χ1v) is 38.4. The number of benzene rings is 2.